The number of hydrogen-bond donors (Lipinski definition) is 0. The second-order valence-corrected chi connectivity index (χ2v) is 14.3. The molecule has 10 rings (SSSR count). The predicted molar refractivity (Wildman–Crippen MR) is 186 cm³/mol. The second kappa shape index (κ2) is 9.21. The highest BCUT2D eigenvalue weighted by molar-refractivity contribution is 6.26. The zero-order valence-corrected chi connectivity index (χ0v) is 25.5. The van der Waals surface area contributed by atoms with Crippen molar-refractivity contribution in [3.05, 3.63) is 120 Å². The highest BCUT2D eigenvalue weighted by Gasteiger charge is 2.64. The van der Waals surface area contributed by atoms with Gasteiger partial charge in [-0.25, -0.2) is 0 Å². The number of nitrogens with zero attached hydrogens (tertiary/aromatic N) is 1. The van der Waals surface area contributed by atoms with Gasteiger partial charge in [0, 0.05) is 22.2 Å². The molecule has 0 saturated heterocycles. The van der Waals surface area contributed by atoms with E-state index in [9.17, 15) is 0 Å². The van der Waals surface area contributed by atoms with Crippen LogP contribution < -0.4 is 4.90 Å². The van der Waals surface area contributed by atoms with Gasteiger partial charge in [0.05, 0.1) is 6.04 Å². The normalized spacial score (nSPS) is 21.3. The number of rotatable bonds is 1. The predicted octanol–water partition coefficient (Wildman–Crippen LogP) is 11.8. The molecule has 2 saturated carbocycles. The maximum Gasteiger partial charge on any atom is 0.0537 e. The molecule has 1 heteroatoms. The summed E-state index contributed by atoms with van der Waals surface area (Å²) >= 11 is 0. The van der Waals surface area contributed by atoms with E-state index in [1.165, 1.54) is 119 Å². The Bertz CT molecular complexity index is 2090. The molecule has 0 radical (unpaired) electrons. The first-order valence-electron chi connectivity index (χ1n) is 17.2. The third-order valence-electron chi connectivity index (χ3n) is 12.4. The molecule has 4 aliphatic rings. The van der Waals surface area contributed by atoms with Crippen LogP contribution in [0.3, 0.4) is 0 Å². The number of hydrogen-bond acceptors (Lipinski definition) is 1. The molecule has 0 bridgehead atoms. The van der Waals surface area contributed by atoms with Crippen LogP contribution in [0.1, 0.15) is 75.3 Å². The van der Waals surface area contributed by atoms with Gasteiger partial charge in [0.1, 0.15) is 0 Å². The van der Waals surface area contributed by atoms with E-state index in [-0.39, 0.29) is 10.8 Å². The van der Waals surface area contributed by atoms with Crippen molar-refractivity contribution in [3.63, 3.8) is 0 Å². The fraction of sp³-hybridized carbons (Fsp3) is 0.302. The SMILES string of the molecule is c1ccc(-c2ccc3c(c2)C2(CCCCC2)C2N3c3cc4c5ccccc5c5ccccc5c4cc3C23CCCCC3)cc1. The van der Waals surface area contributed by atoms with Crippen LogP contribution >= 0.6 is 0 Å². The fourth-order valence-electron chi connectivity index (χ4n) is 10.7. The number of anilines is 2. The molecule has 0 amide bonds. The van der Waals surface area contributed by atoms with Crippen molar-refractivity contribution in [2.24, 2.45) is 0 Å². The quantitative estimate of drug-likeness (QED) is 0.178. The second-order valence-electron chi connectivity index (χ2n) is 14.3. The minimum atomic E-state index is 0.206. The van der Waals surface area contributed by atoms with Crippen LogP contribution in [0.15, 0.2) is 109 Å². The molecule has 44 heavy (non-hydrogen) atoms. The van der Waals surface area contributed by atoms with Gasteiger partial charge in [-0.05, 0) is 105 Å². The molecule has 2 fully saturated rings. The lowest BCUT2D eigenvalue weighted by atomic mass is 9.55. The van der Waals surface area contributed by atoms with Crippen LogP contribution in [0.4, 0.5) is 11.4 Å². The molecular weight excluding hydrogens is 530 g/mol. The monoisotopic (exact) mass is 569 g/mol. The molecule has 1 nitrogen and oxygen atoms in total. The van der Waals surface area contributed by atoms with Gasteiger partial charge in [-0.2, -0.15) is 0 Å². The summed E-state index contributed by atoms with van der Waals surface area (Å²) in [5, 5.41) is 8.40. The van der Waals surface area contributed by atoms with Crippen molar-refractivity contribution >= 4 is 43.7 Å². The summed E-state index contributed by atoms with van der Waals surface area (Å²) in [6, 6.07) is 42.7. The first-order valence-corrected chi connectivity index (χ1v) is 17.2. The minimum absolute atomic E-state index is 0.206. The standard InChI is InChI=1S/C43H39N/c1-4-14-29(15-5-1)30-20-21-39-37(26-30)42(22-10-2-11-23-42)41-43(24-12-3-13-25-43)38-27-35-33-18-8-6-16-31(33)32-17-7-9-19-34(32)36(35)28-40(38)44(39)41/h1,4-9,14-21,26-28,41H,2-3,10-13,22-25H2. The van der Waals surface area contributed by atoms with Crippen molar-refractivity contribution in [3.8, 4) is 11.1 Å². The summed E-state index contributed by atoms with van der Waals surface area (Å²) in [7, 11) is 0. The maximum absolute atomic E-state index is 2.90. The largest absolute Gasteiger partial charge is 0.336 e. The van der Waals surface area contributed by atoms with Gasteiger partial charge >= 0.3 is 0 Å². The summed E-state index contributed by atoms with van der Waals surface area (Å²) in [6.45, 7) is 0. The van der Waals surface area contributed by atoms with E-state index in [0.29, 0.717) is 6.04 Å². The summed E-state index contributed by atoms with van der Waals surface area (Å²) in [6.07, 6.45) is 13.4. The zero-order valence-electron chi connectivity index (χ0n) is 25.5. The fourth-order valence-corrected chi connectivity index (χ4v) is 10.7. The van der Waals surface area contributed by atoms with Crippen molar-refractivity contribution < 1.29 is 0 Å². The molecule has 2 heterocycles. The Labute approximate surface area is 260 Å². The molecule has 216 valence electrons. The molecule has 2 aliphatic heterocycles. The highest BCUT2D eigenvalue weighted by Crippen LogP contribution is 2.68. The average molecular weight is 570 g/mol. The van der Waals surface area contributed by atoms with Crippen LogP contribution in [-0.4, -0.2) is 6.04 Å². The van der Waals surface area contributed by atoms with Crippen molar-refractivity contribution in [1.29, 1.82) is 0 Å². The van der Waals surface area contributed by atoms with Crippen molar-refractivity contribution in [1.82, 2.24) is 0 Å². The zero-order chi connectivity index (χ0) is 28.9. The van der Waals surface area contributed by atoms with Crippen LogP contribution in [-0.2, 0) is 10.8 Å². The molecule has 6 aromatic rings. The third kappa shape index (κ3) is 3.20. The Morgan fingerprint density at radius 2 is 0.909 bits per heavy atom. The van der Waals surface area contributed by atoms with Crippen molar-refractivity contribution in [2.45, 2.75) is 81.1 Å². The summed E-state index contributed by atoms with van der Waals surface area (Å²) in [5.41, 5.74) is 9.42. The summed E-state index contributed by atoms with van der Waals surface area (Å²) < 4.78 is 0. The third-order valence-corrected chi connectivity index (χ3v) is 12.4. The van der Waals surface area contributed by atoms with E-state index in [1.54, 1.807) is 11.1 Å². The van der Waals surface area contributed by atoms with Gasteiger partial charge < -0.3 is 4.90 Å². The van der Waals surface area contributed by atoms with Crippen LogP contribution in [0, 0.1) is 0 Å². The van der Waals surface area contributed by atoms with E-state index >= 15 is 0 Å². The summed E-state index contributed by atoms with van der Waals surface area (Å²) in [5.74, 6) is 0. The first kappa shape index (κ1) is 25.2. The van der Waals surface area contributed by atoms with Gasteiger partial charge in [0.25, 0.3) is 0 Å². The molecule has 6 aromatic carbocycles. The highest BCUT2D eigenvalue weighted by atomic mass is 15.3. The van der Waals surface area contributed by atoms with Gasteiger partial charge in [-0.15, -0.1) is 0 Å². The van der Waals surface area contributed by atoms with Crippen molar-refractivity contribution in [2.75, 3.05) is 4.90 Å². The molecule has 0 aromatic heterocycles. The van der Waals surface area contributed by atoms with Gasteiger partial charge in [-0.1, -0.05) is 123 Å². The Morgan fingerprint density at radius 1 is 0.409 bits per heavy atom. The Balaban J connectivity index is 1.30. The van der Waals surface area contributed by atoms with Gasteiger partial charge in [0.2, 0.25) is 0 Å². The molecule has 2 aliphatic carbocycles. The lowest BCUT2D eigenvalue weighted by molar-refractivity contribution is 0.156. The van der Waals surface area contributed by atoms with Crippen LogP contribution in [0.5, 0.6) is 0 Å². The van der Waals surface area contributed by atoms with Crippen LogP contribution in [0.2, 0.25) is 0 Å². The average Bonchev–Trinajstić information content (AvgIpc) is 3.52. The number of fused-ring (bicyclic) bond motifs is 15. The van der Waals surface area contributed by atoms with E-state index in [4.69, 9.17) is 0 Å². The van der Waals surface area contributed by atoms with Crippen LogP contribution in [0.25, 0.3) is 43.4 Å². The lowest BCUT2D eigenvalue weighted by Crippen LogP contribution is -2.54. The minimum Gasteiger partial charge on any atom is -0.336 e. The van der Waals surface area contributed by atoms with E-state index in [0.717, 1.165) is 0 Å². The molecule has 1 atom stereocenters. The first-order chi connectivity index (χ1) is 21.8. The molecule has 1 unspecified atom stereocenters. The molecule has 2 spiro atoms. The van der Waals surface area contributed by atoms with E-state index in [1.807, 2.05) is 0 Å². The molecular formula is C43H39N. The topological polar surface area (TPSA) is 3.24 Å². The smallest absolute Gasteiger partial charge is 0.0537 e. The van der Waals surface area contributed by atoms with E-state index < -0.39 is 0 Å². The number of benzene rings is 6. The summed E-state index contributed by atoms with van der Waals surface area (Å²) in [4.78, 5) is 2.90. The Kier molecular flexibility index (Phi) is 5.28. The Morgan fingerprint density at radius 3 is 1.50 bits per heavy atom. The Hall–Kier alpha value is -4.10. The van der Waals surface area contributed by atoms with E-state index in [2.05, 4.69) is 114 Å². The molecule has 0 N–H and O–H groups in total. The lowest BCUT2D eigenvalue weighted by Gasteiger charge is -2.49. The maximum atomic E-state index is 2.90. The van der Waals surface area contributed by atoms with Gasteiger partial charge in [0.15, 0.2) is 0 Å². The van der Waals surface area contributed by atoms with Gasteiger partial charge in [-0.3, -0.25) is 0 Å².